The molecular formula is C20H16F4N4O3. The number of pyridine rings is 1. The number of nitrogens with zero attached hydrogens (tertiary/aromatic N) is 4. The summed E-state index contributed by atoms with van der Waals surface area (Å²) in [6.45, 7) is 1.17. The van der Waals surface area contributed by atoms with Crippen LogP contribution in [0.5, 0.6) is 17.4 Å². The van der Waals surface area contributed by atoms with Crippen LogP contribution in [0.1, 0.15) is 11.3 Å². The van der Waals surface area contributed by atoms with Crippen LogP contribution in [0.25, 0.3) is 0 Å². The third kappa shape index (κ3) is 4.44. The second kappa shape index (κ2) is 7.89. The lowest BCUT2D eigenvalue weighted by Gasteiger charge is -2.13. The topological polar surface area (TPSA) is 69.5 Å². The number of hydrogen-bond donors (Lipinski definition) is 0. The van der Waals surface area contributed by atoms with Gasteiger partial charge in [-0.1, -0.05) is 6.07 Å². The Morgan fingerprint density at radius 3 is 2.68 bits per heavy atom. The molecule has 7 nitrogen and oxygen atoms in total. The van der Waals surface area contributed by atoms with Crippen LogP contribution in [0.3, 0.4) is 0 Å². The molecule has 0 atom stereocenters. The van der Waals surface area contributed by atoms with Gasteiger partial charge in [-0.3, -0.25) is 9.55 Å². The van der Waals surface area contributed by atoms with E-state index < -0.39 is 23.4 Å². The van der Waals surface area contributed by atoms with Gasteiger partial charge in [0, 0.05) is 38.5 Å². The highest BCUT2D eigenvalue weighted by atomic mass is 19.4. The minimum absolute atomic E-state index is 0.0652. The molecule has 2 aromatic heterocycles. The van der Waals surface area contributed by atoms with Gasteiger partial charge in [-0.15, -0.1) is 0 Å². The lowest BCUT2D eigenvalue weighted by atomic mass is 10.2. The average Bonchev–Trinajstić information content (AvgIpc) is 3.09. The van der Waals surface area contributed by atoms with Gasteiger partial charge < -0.3 is 14.4 Å². The number of anilines is 1. The first kappa shape index (κ1) is 20.6. The molecule has 0 bridgehead atoms. The Bertz CT molecular complexity index is 1180. The second-order valence-corrected chi connectivity index (χ2v) is 6.84. The number of ether oxygens (including phenoxy) is 2. The van der Waals surface area contributed by atoms with Gasteiger partial charge in [0.05, 0.1) is 0 Å². The lowest BCUT2D eigenvalue weighted by molar-refractivity contribution is -0.141. The highest BCUT2D eigenvalue weighted by Crippen LogP contribution is 2.32. The largest absolute Gasteiger partial charge is 0.473 e. The number of aromatic nitrogens is 3. The molecule has 3 heterocycles. The molecule has 11 heteroatoms. The standard InChI is InChI=1S/C20H16F4N4O3/c1-27-6-7-28-18(27)10-17(26-19(28)29)30-11-12-2-3-15(14(21)8-12)31-13-4-5-25-16(9-13)20(22,23)24/h2-5,8-10H,6-7,11H2,1H3. The molecule has 3 aromatic rings. The molecule has 162 valence electrons. The van der Waals surface area contributed by atoms with E-state index in [-0.39, 0.29) is 24.0 Å². The summed E-state index contributed by atoms with van der Waals surface area (Å²) in [4.78, 5) is 21.0. The minimum Gasteiger partial charge on any atom is -0.473 e. The summed E-state index contributed by atoms with van der Waals surface area (Å²) in [5, 5.41) is 0. The molecule has 0 aliphatic carbocycles. The van der Waals surface area contributed by atoms with Crippen molar-refractivity contribution in [2.75, 3.05) is 18.5 Å². The fourth-order valence-electron chi connectivity index (χ4n) is 3.07. The Hall–Kier alpha value is -3.63. The number of likely N-dealkylation sites (N-methyl/N-ethyl adjacent to an activating group) is 1. The molecule has 0 amide bonds. The van der Waals surface area contributed by atoms with Crippen LogP contribution in [0, 0.1) is 5.82 Å². The smallest absolute Gasteiger partial charge is 0.433 e. The van der Waals surface area contributed by atoms with Gasteiger partial charge in [0.15, 0.2) is 11.6 Å². The fourth-order valence-corrected chi connectivity index (χ4v) is 3.07. The van der Waals surface area contributed by atoms with Gasteiger partial charge >= 0.3 is 11.9 Å². The van der Waals surface area contributed by atoms with Gasteiger partial charge in [0.2, 0.25) is 5.88 Å². The summed E-state index contributed by atoms with van der Waals surface area (Å²) in [6, 6.07) is 7.42. The molecule has 31 heavy (non-hydrogen) atoms. The van der Waals surface area contributed by atoms with Crippen molar-refractivity contribution >= 4 is 5.82 Å². The van der Waals surface area contributed by atoms with Crippen molar-refractivity contribution in [3.8, 4) is 17.4 Å². The molecule has 0 spiro atoms. The van der Waals surface area contributed by atoms with Crippen molar-refractivity contribution in [3.05, 3.63) is 70.2 Å². The van der Waals surface area contributed by atoms with E-state index in [4.69, 9.17) is 9.47 Å². The average molecular weight is 436 g/mol. The van der Waals surface area contributed by atoms with E-state index in [0.717, 1.165) is 12.3 Å². The number of halogens is 4. The molecule has 1 aromatic carbocycles. The first-order valence-electron chi connectivity index (χ1n) is 9.16. The Labute approximate surface area is 173 Å². The Morgan fingerprint density at radius 1 is 1.13 bits per heavy atom. The summed E-state index contributed by atoms with van der Waals surface area (Å²) >= 11 is 0. The van der Waals surface area contributed by atoms with Gasteiger partial charge in [0.25, 0.3) is 0 Å². The van der Waals surface area contributed by atoms with Crippen molar-refractivity contribution < 1.29 is 27.0 Å². The Kier molecular flexibility index (Phi) is 5.25. The third-order valence-electron chi connectivity index (χ3n) is 4.65. The molecule has 1 aliphatic heterocycles. The maximum atomic E-state index is 14.4. The van der Waals surface area contributed by atoms with Crippen molar-refractivity contribution in [2.24, 2.45) is 0 Å². The van der Waals surface area contributed by atoms with Gasteiger partial charge in [-0.05, 0) is 23.8 Å². The highest BCUT2D eigenvalue weighted by Gasteiger charge is 2.32. The van der Waals surface area contributed by atoms with Crippen LogP contribution in [0.4, 0.5) is 23.4 Å². The summed E-state index contributed by atoms with van der Waals surface area (Å²) in [6.07, 6.45) is -3.70. The molecule has 0 radical (unpaired) electrons. The van der Waals surface area contributed by atoms with E-state index in [1.807, 2.05) is 11.9 Å². The quantitative estimate of drug-likeness (QED) is 0.569. The first-order valence-corrected chi connectivity index (χ1v) is 9.16. The summed E-state index contributed by atoms with van der Waals surface area (Å²) in [5.74, 6) is -0.438. The van der Waals surface area contributed by atoms with Gasteiger partial charge in [-0.25, -0.2) is 9.18 Å². The van der Waals surface area contributed by atoms with Crippen LogP contribution in [0.2, 0.25) is 0 Å². The number of benzene rings is 1. The number of alkyl halides is 3. The number of rotatable bonds is 5. The van der Waals surface area contributed by atoms with Crippen LogP contribution in [-0.4, -0.2) is 28.1 Å². The van der Waals surface area contributed by atoms with Crippen LogP contribution >= 0.6 is 0 Å². The van der Waals surface area contributed by atoms with E-state index in [1.165, 1.54) is 22.8 Å². The molecular weight excluding hydrogens is 420 g/mol. The normalized spacial score (nSPS) is 13.3. The highest BCUT2D eigenvalue weighted by molar-refractivity contribution is 5.44. The van der Waals surface area contributed by atoms with Crippen molar-refractivity contribution in [2.45, 2.75) is 19.3 Å². The van der Waals surface area contributed by atoms with E-state index in [9.17, 15) is 22.4 Å². The molecule has 0 unspecified atom stereocenters. The van der Waals surface area contributed by atoms with E-state index in [2.05, 4.69) is 9.97 Å². The zero-order valence-electron chi connectivity index (χ0n) is 16.2. The van der Waals surface area contributed by atoms with Crippen LogP contribution in [0.15, 0.2) is 47.4 Å². The molecule has 4 rings (SSSR count). The van der Waals surface area contributed by atoms with E-state index in [1.54, 1.807) is 6.07 Å². The lowest BCUT2D eigenvalue weighted by Crippen LogP contribution is -2.22. The van der Waals surface area contributed by atoms with Crippen LogP contribution in [-0.2, 0) is 19.3 Å². The maximum absolute atomic E-state index is 14.4. The predicted molar refractivity (Wildman–Crippen MR) is 102 cm³/mol. The number of fused-ring (bicyclic) bond motifs is 1. The Balaban J connectivity index is 1.46. The van der Waals surface area contributed by atoms with E-state index >= 15 is 0 Å². The van der Waals surface area contributed by atoms with E-state index in [0.29, 0.717) is 30.5 Å². The summed E-state index contributed by atoms with van der Waals surface area (Å²) < 4.78 is 64.9. The van der Waals surface area contributed by atoms with Gasteiger partial charge in [0.1, 0.15) is 23.9 Å². The summed E-state index contributed by atoms with van der Waals surface area (Å²) in [5.41, 5.74) is -1.15. The molecule has 0 N–H and O–H groups in total. The third-order valence-corrected chi connectivity index (χ3v) is 4.65. The summed E-state index contributed by atoms with van der Waals surface area (Å²) in [7, 11) is 1.84. The second-order valence-electron chi connectivity index (χ2n) is 6.84. The van der Waals surface area contributed by atoms with Crippen molar-refractivity contribution in [1.82, 2.24) is 14.5 Å². The first-order chi connectivity index (χ1) is 14.7. The number of hydrogen-bond acceptors (Lipinski definition) is 6. The van der Waals surface area contributed by atoms with Crippen molar-refractivity contribution in [3.63, 3.8) is 0 Å². The predicted octanol–water partition coefficient (Wildman–Crippen LogP) is 3.62. The molecule has 0 saturated carbocycles. The minimum atomic E-state index is -4.64. The monoisotopic (exact) mass is 436 g/mol. The van der Waals surface area contributed by atoms with Crippen molar-refractivity contribution in [1.29, 1.82) is 0 Å². The fraction of sp³-hybridized carbons (Fsp3) is 0.250. The zero-order valence-corrected chi connectivity index (χ0v) is 16.2. The molecule has 0 saturated heterocycles. The SMILES string of the molecule is CN1CCn2c1cc(OCc1ccc(Oc3ccnc(C(F)(F)F)c3)c(F)c1)nc2=O. The molecule has 1 aliphatic rings. The maximum Gasteiger partial charge on any atom is 0.433 e. The van der Waals surface area contributed by atoms with Gasteiger partial charge in [-0.2, -0.15) is 18.2 Å². The van der Waals surface area contributed by atoms with Crippen LogP contribution < -0.4 is 20.1 Å². The Morgan fingerprint density at radius 2 is 1.94 bits per heavy atom. The zero-order chi connectivity index (χ0) is 22.2. The molecule has 0 fully saturated rings.